The van der Waals surface area contributed by atoms with E-state index in [1.54, 1.807) is 4.90 Å². The van der Waals surface area contributed by atoms with Gasteiger partial charge in [-0.05, 0) is 37.5 Å². The molecule has 3 heterocycles. The van der Waals surface area contributed by atoms with Crippen molar-refractivity contribution in [2.75, 3.05) is 19.5 Å². The van der Waals surface area contributed by atoms with E-state index in [-0.39, 0.29) is 35.5 Å². The maximum atomic E-state index is 13.5. The molecule has 0 aromatic rings. The zero-order chi connectivity index (χ0) is 22.2. The van der Waals surface area contributed by atoms with Gasteiger partial charge in [-0.3, -0.25) is 14.5 Å². The van der Waals surface area contributed by atoms with E-state index in [4.69, 9.17) is 9.57 Å². The predicted octanol–water partition coefficient (Wildman–Crippen LogP) is 1.67. The number of hydrogen-bond acceptors (Lipinski definition) is 6. The lowest BCUT2D eigenvalue weighted by Crippen LogP contribution is -2.64. The van der Waals surface area contributed by atoms with E-state index in [9.17, 15) is 18.0 Å². The first-order valence-corrected chi connectivity index (χ1v) is 12.5. The van der Waals surface area contributed by atoms with Crippen LogP contribution in [0.25, 0.3) is 0 Å². The first-order valence-electron chi connectivity index (χ1n) is 10.6. The fourth-order valence-electron chi connectivity index (χ4n) is 4.19. The monoisotopic (exact) mass is 443 g/mol. The van der Waals surface area contributed by atoms with Crippen LogP contribution >= 0.6 is 0 Å². The average Bonchev–Trinajstić information content (AvgIpc) is 2.65. The van der Waals surface area contributed by atoms with Gasteiger partial charge in [0.15, 0.2) is 11.9 Å². The molecule has 0 aliphatic carbocycles. The van der Waals surface area contributed by atoms with E-state index < -0.39 is 22.2 Å². The van der Waals surface area contributed by atoms with E-state index >= 15 is 0 Å². The molecule has 10 heteroatoms. The summed E-state index contributed by atoms with van der Waals surface area (Å²) in [5, 5.41) is 0. The van der Waals surface area contributed by atoms with Crippen LogP contribution < -0.4 is 0 Å². The highest BCUT2D eigenvalue weighted by Gasteiger charge is 2.50. The number of carbonyl (C=O) groups is 2. The Hall–Kier alpha value is -1.65. The molecule has 3 rings (SSSR count). The number of carbonyl (C=O) groups excluding carboxylic acids is 2. The first kappa shape index (κ1) is 23.0. The van der Waals surface area contributed by atoms with Gasteiger partial charge in [-0.2, -0.15) is 0 Å². The quantitative estimate of drug-likeness (QED) is 0.620. The Labute approximate surface area is 179 Å². The Morgan fingerprint density at radius 3 is 2.17 bits per heavy atom. The molecule has 2 fully saturated rings. The summed E-state index contributed by atoms with van der Waals surface area (Å²) in [5.74, 6) is -0.180. The number of amides is 2. The van der Waals surface area contributed by atoms with Crippen LogP contribution in [-0.4, -0.2) is 72.2 Å². The van der Waals surface area contributed by atoms with Gasteiger partial charge >= 0.3 is 0 Å². The highest BCUT2D eigenvalue weighted by Crippen LogP contribution is 2.36. The molecule has 0 aromatic carbocycles. The fourth-order valence-corrected chi connectivity index (χ4v) is 4.92. The summed E-state index contributed by atoms with van der Waals surface area (Å²) in [6.07, 6.45) is 3.69. The summed E-state index contributed by atoms with van der Waals surface area (Å²) in [6.45, 7) is 8.92. The molecule has 0 N–H and O–H groups in total. The maximum Gasteiger partial charge on any atom is 0.260 e. The number of ether oxygens (including phenoxy) is 1. The molecular weight excluding hydrogens is 410 g/mol. The molecule has 9 nitrogen and oxygen atoms in total. The van der Waals surface area contributed by atoms with Crippen molar-refractivity contribution >= 4 is 21.8 Å². The minimum Gasteiger partial charge on any atom is -0.381 e. The van der Waals surface area contributed by atoms with Crippen LogP contribution in [0.3, 0.4) is 0 Å². The van der Waals surface area contributed by atoms with Gasteiger partial charge in [-0.1, -0.05) is 27.7 Å². The molecule has 2 atom stereocenters. The number of rotatable bonds is 6. The van der Waals surface area contributed by atoms with E-state index in [1.165, 1.54) is 11.1 Å². The summed E-state index contributed by atoms with van der Waals surface area (Å²) in [4.78, 5) is 35.5. The molecule has 3 aliphatic rings. The normalized spacial score (nSPS) is 26.5. The van der Waals surface area contributed by atoms with Gasteiger partial charge in [0, 0.05) is 19.3 Å². The smallest absolute Gasteiger partial charge is 0.260 e. The molecule has 30 heavy (non-hydrogen) atoms. The maximum absolute atomic E-state index is 13.5. The summed E-state index contributed by atoms with van der Waals surface area (Å²) >= 11 is 0. The van der Waals surface area contributed by atoms with Crippen molar-refractivity contribution in [3.63, 3.8) is 0 Å². The zero-order valence-corrected chi connectivity index (χ0v) is 19.2. The zero-order valence-electron chi connectivity index (χ0n) is 18.4. The van der Waals surface area contributed by atoms with Gasteiger partial charge in [-0.25, -0.2) is 13.3 Å². The van der Waals surface area contributed by atoms with Crippen LogP contribution in [-0.2, 0) is 29.2 Å². The summed E-state index contributed by atoms with van der Waals surface area (Å²) in [6, 6.07) is -0.858. The lowest BCUT2D eigenvalue weighted by Gasteiger charge is -2.49. The van der Waals surface area contributed by atoms with Gasteiger partial charge in [0.05, 0.1) is 12.5 Å². The molecule has 2 amide bonds. The van der Waals surface area contributed by atoms with Crippen LogP contribution in [0.1, 0.15) is 53.4 Å². The van der Waals surface area contributed by atoms with Crippen molar-refractivity contribution in [3.05, 3.63) is 12.0 Å². The average molecular weight is 444 g/mol. The van der Waals surface area contributed by atoms with Crippen LogP contribution in [0, 0.1) is 11.8 Å². The highest BCUT2D eigenvalue weighted by molar-refractivity contribution is 7.88. The summed E-state index contributed by atoms with van der Waals surface area (Å²) < 4.78 is 31.4. The second kappa shape index (κ2) is 8.84. The number of hydroxylamine groups is 1. The Kier molecular flexibility index (Phi) is 6.78. The molecule has 3 aliphatic heterocycles. The third kappa shape index (κ3) is 4.65. The minimum absolute atomic E-state index is 0.0965. The second-order valence-electron chi connectivity index (χ2n) is 9.14. The highest BCUT2D eigenvalue weighted by atomic mass is 32.2. The predicted molar refractivity (Wildman–Crippen MR) is 110 cm³/mol. The van der Waals surface area contributed by atoms with Crippen molar-refractivity contribution in [3.8, 4) is 0 Å². The van der Waals surface area contributed by atoms with E-state index in [0.29, 0.717) is 38.9 Å². The lowest BCUT2D eigenvalue weighted by atomic mass is 9.96. The molecule has 0 unspecified atom stereocenters. The fraction of sp³-hybridized carbons (Fsp3) is 0.800. The van der Waals surface area contributed by atoms with Gasteiger partial charge in [0.25, 0.3) is 15.9 Å². The third-order valence-electron chi connectivity index (χ3n) is 5.54. The number of sulfonamides is 1. The minimum atomic E-state index is -3.83. The van der Waals surface area contributed by atoms with E-state index in [0.717, 1.165) is 10.7 Å². The molecule has 0 spiro atoms. The molecule has 2 saturated heterocycles. The molecule has 0 radical (unpaired) electrons. The van der Waals surface area contributed by atoms with Crippen LogP contribution in [0.5, 0.6) is 0 Å². The molecule has 0 bridgehead atoms. The molecular formula is C20H33N3O6S. The Morgan fingerprint density at radius 2 is 1.63 bits per heavy atom. The van der Waals surface area contributed by atoms with Gasteiger partial charge in [-0.15, -0.1) is 4.47 Å². The van der Waals surface area contributed by atoms with Crippen molar-refractivity contribution < 1.29 is 27.6 Å². The Balaban J connectivity index is 2.08. The number of fused-ring (bicyclic) bond motifs is 1. The van der Waals surface area contributed by atoms with Crippen LogP contribution in [0.2, 0.25) is 0 Å². The van der Waals surface area contributed by atoms with Crippen LogP contribution in [0.4, 0.5) is 0 Å². The second-order valence-corrected chi connectivity index (χ2v) is 10.9. The largest absolute Gasteiger partial charge is 0.381 e. The van der Waals surface area contributed by atoms with Crippen LogP contribution in [0.15, 0.2) is 12.0 Å². The summed E-state index contributed by atoms with van der Waals surface area (Å²) in [7, 11) is -3.83. The van der Waals surface area contributed by atoms with E-state index in [2.05, 4.69) is 0 Å². The number of nitrogens with zero attached hydrogens (tertiary/aromatic N) is 3. The summed E-state index contributed by atoms with van der Waals surface area (Å²) in [5.41, 5.74) is 0. The molecule has 170 valence electrons. The van der Waals surface area contributed by atoms with Crippen molar-refractivity contribution in [1.82, 2.24) is 14.3 Å². The van der Waals surface area contributed by atoms with E-state index in [1.807, 2.05) is 27.7 Å². The van der Waals surface area contributed by atoms with Crippen molar-refractivity contribution in [2.45, 2.75) is 71.6 Å². The molecule has 0 aromatic heterocycles. The topological polar surface area (TPSA) is 96.5 Å². The lowest BCUT2D eigenvalue weighted by molar-refractivity contribution is -0.199. The van der Waals surface area contributed by atoms with Crippen molar-refractivity contribution in [1.29, 1.82) is 0 Å². The Morgan fingerprint density at radius 1 is 1.03 bits per heavy atom. The third-order valence-corrected chi connectivity index (χ3v) is 6.42. The van der Waals surface area contributed by atoms with Gasteiger partial charge in [0.2, 0.25) is 5.91 Å². The SMILES string of the molecule is CC(C)C[C@H]1ON(S(C)(=O)=O)C2=CN(C3CCOCC3)C(=O)[C@H](CC(C)C)N2C1=O. The number of hydrogen-bond donors (Lipinski definition) is 0. The molecule has 0 saturated carbocycles. The van der Waals surface area contributed by atoms with Gasteiger partial charge in [0.1, 0.15) is 6.04 Å². The van der Waals surface area contributed by atoms with Crippen molar-refractivity contribution in [2.24, 2.45) is 11.8 Å². The van der Waals surface area contributed by atoms with Gasteiger partial charge < -0.3 is 9.64 Å². The standard InChI is InChI=1S/C20H33N3O6S/c1-13(2)10-16-19(24)21(15-6-8-28-9-7-15)12-18-22(16)20(25)17(11-14(3)4)29-23(18)30(5,26)27/h12-17H,6-11H2,1-5H3/t16-,17+/m0/s1. The first-order chi connectivity index (χ1) is 14.0. The Bertz CT molecular complexity index is 803.